The monoisotopic (exact) mass is 313 g/mol. The number of hydrogen-bond donors (Lipinski definition) is 3. The number of nitrogen functional groups attached to an aromatic ring is 1. The van der Waals surface area contributed by atoms with E-state index in [0.29, 0.717) is 41.6 Å². The molecule has 118 valence electrons. The molecular weight excluding hydrogens is 290 g/mol. The van der Waals surface area contributed by atoms with Gasteiger partial charge in [-0.05, 0) is 13.3 Å². The maximum absolute atomic E-state index is 12.0. The van der Waals surface area contributed by atoms with Crippen molar-refractivity contribution < 1.29 is 14.3 Å². The number of thiophene rings is 1. The van der Waals surface area contributed by atoms with E-state index < -0.39 is 0 Å². The van der Waals surface area contributed by atoms with Gasteiger partial charge in [0.05, 0.1) is 16.1 Å². The average Bonchev–Trinajstić information content (AvgIpc) is 2.82. The molecule has 0 unspecified atom stereocenters. The summed E-state index contributed by atoms with van der Waals surface area (Å²) in [5, 5.41) is 6.37. The molecular formula is C14H23N3O3S. The third-order valence-electron chi connectivity index (χ3n) is 2.93. The van der Waals surface area contributed by atoms with Gasteiger partial charge in [0, 0.05) is 33.2 Å². The molecule has 0 aliphatic carbocycles. The van der Waals surface area contributed by atoms with E-state index in [1.807, 2.05) is 6.92 Å². The summed E-state index contributed by atoms with van der Waals surface area (Å²) >= 11 is 1.24. The number of Topliss-reactive ketones (excluding diaryl/α,β-unsaturated/α-hetero) is 1. The van der Waals surface area contributed by atoms with E-state index in [1.165, 1.54) is 11.3 Å². The molecule has 0 saturated heterocycles. The average molecular weight is 313 g/mol. The molecule has 0 aromatic carbocycles. The van der Waals surface area contributed by atoms with Gasteiger partial charge in [0.25, 0.3) is 5.91 Å². The van der Waals surface area contributed by atoms with Gasteiger partial charge in [-0.1, -0.05) is 6.92 Å². The van der Waals surface area contributed by atoms with E-state index in [1.54, 1.807) is 14.0 Å². The summed E-state index contributed by atoms with van der Waals surface area (Å²) in [6.07, 6.45) is 1.18. The van der Waals surface area contributed by atoms with Crippen molar-refractivity contribution in [3.8, 4) is 0 Å². The maximum atomic E-state index is 12.0. The Kier molecular flexibility index (Phi) is 7.18. The quantitative estimate of drug-likeness (QED) is 0.479. The second-order valence-electron chi connectivity index (χ2n) is 4.38. The summed E-state index contributed by atoms with van der Waals surface area (Å²) in [7, 11) is 1.54. The molecule has 4 N–H and O–H groups in total. The molecule has 0 bridgehead atoms. The second-order valence-corrected chi connectivity index (χ2v) is 5.40. The number of carbonyl (C=O) groups excluding carboxylic acids is 2. The second kappa shape index (κ2) is 8.63. The number of rotatable bonds is 9. The molecule has 7 heteroatoms. The first-order valence-corrected chi connectivity index (χ1v) is 7.87. The third-order valence-corrected chi connectivity index (χ3v) is 4.13. The Morgan fingerprint density at radius 2 is 2.05 bits per heavy atom. The fourth-order valence-electron chi connectivity index (χ4n) is 1.81. The minimum Gasteiger partial charge on any atom is -0.397 e. The van der Waals surface area contributed by atoms with Crippen molar-refractivity contribution in [3.05, 3.63) is 10.4 Å². The van der Waals surface area contributed by atoms with Crippen LogP contribution in [0.2, 0.25) is 0 Å². The number of amides is 1. The van der Waals surface area contributed by atoms with Crippen molar-refractivity contribution in [2.45, 2.75) is 26.7 Å². The number of ketones is 1. The summed E-state index contributed by atoms with van der Waals surface area (Å²) in [5.74, 6) is -0.337. The van der Waals surface area contributed by atoms with Crippen LogP contribution < -0.4 is 16.4 Å². The number of carbonyl (C=O) groups is 2. The number of hydrogen-bond acceptors (Lipinski definition) is 6. The Morgan fingerprint density at radius 3 is 2.62 bits per heavy atom. The summed E-state index contributed by atoms with van der Waals surface area (Å²) in [6, 6.07) is 0. The van der Waals surface area contributed by atoms with Crippen LogP contribution in [0.25, 0.3) is 0 Å². The zero-order chi connectivity index (χ0) is 15.8. The predicted molar refractivity (Wildman–Crippen MR) is 86.3 cm³/mol. The minimum atomic E-state index is -0.286. The highest BCUT2D eigenvalue weighted by Crippen LogP contribution is 2.36. The van der Waals surface area contributed by atoms with E-state index in [0.717, 1.165) is 6.42 Å². The molecule has 6 nitrogen and oxygen atoms in total. The first-order valence-electron chi connectivity index (χ1n) is 7.05. The molecule has 1 aromatic rings. The van der Waals surface area contributed by atoms with E-state index >= 15 is 0 Å². The zero-order valence-corrected chi connectivity index (χ0v) is 13.6. The van der Waals surface area contributed by atoms with E-state index in [2.05, 4.69) is 10.6 Å². The van der Waals surface area contributed by atoms with E-state index in [4.69, 9.17) is 10.5 Å². The van der Waals surface area contributed by atoms with Gasteiger partial charge >= 0.3 is 0 Å². The van der Waals surface area contributed by atoms with E-state index in [9.17, 15) is 9.59 Å². The highest BCUT2D eigenvalue weighted by molar-refractivity contribution is 7.19. The smallest absolute Gasteiger partial charge is 0.256 e. The Morgan fingerprint density at radius 1 is 1.33 bits per heavy atom. The molecule has 0 aliphatic rings. The van der Waals surface area contributed by atoms with Crippen molar-refractivity contribution in [2.75, 3.05) is 37.9 Å². The Balaban J connectivity index is 2.90. The molecule has 1 heterocycles. The molecule has 0 fully saturated rings. The zero-order valence-electron chi connectivity index (χ0n) is 12.7. The minimum absolute atomic E-state index is 0.0509. The van der Waals surface area contributed by atoms with Gasteiger partial charge in [0.2, 0.25) is 0 Å². The number of anilines is 2. The topological polar surface area (TPSA) is 93.4 Å². The summed E-state index contributed by atoms with van der Waals surface area (Å²) in [5.41, 5.74) is 6.59. The van der Waals surface area contributed by atoms with E-state index in [-0.39, 0.29) is 17.4 Å². The standard InChI is InChI=1S/C14H23N3O3S/c1-4-9(18)12-11(15)10(13(19)16-3)14(21-12)17-7-6-8-20-5-2/h17H,4-8,15H2,1-3H3,(H,16,19). The fraction of sp³-hybridized carbons (Fsp3) is 0.571. The number of ether oxygens (including phenoxy) is 1. The lowest BCUT2D eigenvalue weighted by molar-refractivity contribution is 0.0964. The van der Waals surface area contributed by atoms with Gasteiger partial charge in [-0.15, -0.1) is 11.3 Å². The van der Waals surface area contributed by atoms with Crippen molar-refractivity contribution >= 4 is 33.7 Å². The van der Waals surface area contributed by atoms with Crippen LogP contribution in [0.5, 0.6) is 0 Å². The van der Waals surface area contributed by atoms with Gasteiger partial charge < -0.3 is 21.1 Å². The summed E-state index contributed by atoms with van der Waals surface area (Å²) < 4.78 is 5.26. The van der Waals surface area contributed by atoms with Crippen molar-refractivity contribution in [1.29, 1.82) is 0 Å². The Labute approximate surface area is 129 Å². The third kappa shape index (κ3) is 4.44. The molecule has 0 saturated carbocycles. The number of nitrogens with one attached hydrogen (secondary N) is 2. The van der Waals surface area contributed by atoms with Crippen molar-refractivity contribution in [2.24, 2.45) is 0 Å². The highest BCUT2D eigenvalue weighted by atomic mass is 32.1. The Bertz CT molecular complexity index is 500. The lowest BCUT2D eigenvalue weighted by Crippen LogP contribution is -2.20. The lowest BCUT2D eigenvalue weighted by atomic mass is 10.1. The van der Waals surface area contributed by atoms with Crippen LogP contribution in [-0.4, -0.2) is 38.5 Å². The predicted octanol–water partition coefficient (Wildman–Crippen LogP) is 2.12. The first kappa shape index (κ1) is 17.5. The molecule has 0 atom stereocenters. The van der Waals surface area contributed by atoms with Crippen LogP contribution in [0.4, 0.5) is 10.7 Å². The van der Waals surface area contributed by atoms with Crippen LogP contribution in [0.3, 0.4) is 0 Å². The molecule has 0 aliphatic heterocycles. The SMILES string of the molecule is CCOCCCNc1sc(C(=O)CC)c(N)c1C(=O)NC. The summed E-state index contributed by atoms with van der Waals surface area (Å²) in [6.45, 7) is 5.71. The van der Waals surface area contributed by atoms with Crippen LogP contribution in [0.15, 0.2) is 0 Å². The fourth-order valence-corrected chi connectivity index (χ4v) is 2.96. The van der Waals surface area contributed by atoms with Gasteiger partial charge in [-0.3, -0.25) is 9.59 Å². The molecule has 0 spiro atoms. The van der Waals surface area contributed by atoms with Crippen LogP contribution in [0, 0.1) is 0 Å². The van der Waals surface area contributed by atoms with Gasteiger partial charge in [0.1, 0.15) is 5.00 Å². The molecule has 1 amide bonds. The molecule has 1 rings (SSSR count). The van der Waals surface area contributed by atoms with Gasteiger partial charge in [-0.25, -0.2) is 0 Å². The molecule has 1 aromatic heterocycles. The molecule has 0 radical (unpaired) electrons. The Hall–Kier alpha value is -1.60. The lowest BCUT2D eigenvalue weighted by Gasteiger charge is -2.07. The van der Waals surface area contributed by atoms with Crippen LogP contribution >= 0.6 is 11.3 Å². The van der Waals surface area contributed by atoms with Crippen molar-refractivity contribution in [3.63, 3.8) is 0 Å². The summed E-state index contributed by atoms with van der Waals surface area (Å²) in [4.78, 5) is 24.3. The van der Waals surface area contributed by atoms with Gasteiger partial charge in [-0.2, -0.15) is 0 Å². The normalized spacial score (nSPS) is 10.4. The van der Waals surface area contributed by atoms with Gasteiger partial charge in [0.15, 0.2) is 5.78 Å². The van der Waals surface area contributed by atoms with Crippen molar-refractivity contribution in [1.82, 2.24) is 5.32 Å². The largest absolute Gasteiger partial charge is 0.397 e. The maximum Gasteiger partial charge on any atom is 0.256 e. The van der Waals surface area contributed by atoms with Crippen LogP contribution in [-0.2, 0) is 4.74 Å². The number of nitrogens with two attached hydrogens (primary N) is 1. The highest BCUT2D eigenvalue weighted by Gasteiger charge is 2.23. The molecule has 21 heavy (non-hydrogen) atoms. The first-order chi connectivity index (χ1) is 10.1. The van der Waals surface area contributed by atoms with Crippen LogP contribution in [0.1, 0.15) is 46.7 Å².